The molecule has 2 heteroatoms. The molecular weight excluding hydrogens is 232 g/mol. The van der Waals surface area contributed by atoms with E-state index in [0.29, 0.717) is 6.04 Å². The monoisotopic (exact) mass is 258 g/mol. The number of aromatic nitrogens is 1. The zero-order chi connectivity index (χ0) is 14.0. The Labute approximate surface area is 116 Å². The minimum absolute atomic E-state index is 0.580. The minimum Gasteiger partial charge on any atom is -0.350 e. The highest BCUT2D eigenvalue weighted by Gasteiger charge is 2.10. The maximum Gasteiger partial charge on any atom is 0.0512 e. The van der Waals surface area contributed by atoms with Crippen LogP contribution >= 0.6 is 0 Å². The van der Waals surface area contributed by atoms with Crippen LogP contribution in [-0.2, 0) is 13.5 Å². The molecule has 0 unspecified atom stereocenters. The fourth-order valence-corrected chi connectivity index (χ4v) is 2.88. The van der Waals surface area contributed by atoms with Crippen LogP contribution in [0.2, 0.25) is 0 Å². The van der Waals surface area contributed by atoms with Crippen molar-refractivity contribution < 1.29 is 0 Å². The summed E-state index contributed by atoms with van der Waals surface area (Å²) in [5.74, 6) is 0. The van der Waals surface area contributed by atoms with Crippen molar-refractivity contribution in [2.24, 2.45) is 7.05 Å². The number of rotatable bonds is 5. The summed E-state index contributed by atoms with van der Waals surface area (Å²) in [6, 6.07) is 5.05. The first-order chi connectivity index (χ1) is 9.00. The van der Waals surface area contributed by atoms with Gasteiger partial charge < -0.3 is 9.88 Å². The molecule has 0 aliphatic carbocycles. The van der Waals surface area contributed by atoms with Crippen LogP contribution in [0.15, 0.2) is 18.3 Å². The number of benzene rings is 1. The van der Waals surface area contributed by atoms with E-state index in [-0.39, 0.29) is 0 Å². The van der Waals surface area contributed by atoms with E-state index < -0.39 is 0 Å². The molecule has 1 aromatic heterocycles. The molecule has 1 heterocycles. The summed E-state index contributed by atoms with van der Waals surface area (Å²) in [4.78, 5) is 0. The molecule has 0 fully saturated rings. The van der Waals surface area contributed by atoms with Gasteiger partial charge in [-0.25, -0.2) is 0 Å². The van der Waals surface area contributed by atoms with Crippen molar-refractivity contribution in [2.45, 2.75) is 46.6 Å². The van der Waals surface area contributed by atoms with Gasteiger partial charge in [-0.15, -0.1) is 0 Å². The topological polar surface area (TPSA) is 17.0 Å². The Morgan fingerprint density at radius 2 is 1.84 bits per heavy atom. The average molecular weight is 258 g/mol. The van der Waals surface area contributed by atoms with Crippen molar-refractivity contribution in [3.05, 3.63) is 35.0 Å². The third-order valence-electron chi connectivity index (χ3n) is 3.79. The number of hydrogen-bond donors (Lipinski definition) is 1. The van der Waals surface area contributed by atoms with Gasteiger partial charge in [0.1, 0.15) is 0 Å². The number of hydrogen-bond acceptors (Lipinski definition) is 1. The maximum atomic E-state index is 3.49. The van der Waals surface area contributed by atoms with Crippen LogP contribution in [-0.4, -0.2) is 17.2 Å². The van der Waals surface area contributed by atoms with Crippen molar-refractivity contribution in [1.29, 1.82) is 0 Å². The van der Waals surface area contributed by atoms with E-state index in [1.54, 1.807) is 0 Å². The molecule has 0 saturated heterocycles. The van der Waals surface area contributed by atoms with Gasteiger partial charge in [-0.05, 0) is 49.9 Å². The molecule has 0 radical (unpaired) electrons. The van der Waals surface area contributed by atoms with Crippen LogP contribution in [0.1, 0.15) is 37.0 Å². The molecule has 0 aliphatic rings. The predicted molar refractivity (Wildman–Crippen MR) is 83.9 cm³/mol. The summed E-state index contributed by atoms with van der Waals surface area (Å²) >= 11 is 0. The molecule has 104 valence electrons. The van der Waals surface area contributed by atoms with Crippen LogP contribution < -0.4 is 5.32 Å². The first kappa shape index (κ1) is 14.1. The lowest BCUT2D eigenvalue weighted by atomic mass is 10.0. The number of nitrogens with zero attached hydrogens (tertiary/aromatic N) is 1. The van der Waals surface area contributed by atoms with Gasteiger partial charge in [0.05, 0.1) is 5.52 Å². The lowest BCUT2D eigenvalue weighted by molar-refractivity contribution is 0.571. The van der Waals surface area contributed by atoms with Crippen molar-refractivity contribution >= 4 is 10.9 Å². The molecule has 0 aliphatic heterocycles. The number of fused-ring (bicyclic) bond motifs is 1. The van der Waals surface area contributed by atoms with Gasteiger partial charge in [0.15, 0.2) is 0 Å². The van der Waals surface area contributed by atoms with E-state index in [2.05, 4.69) is 63.0 Å². The number of aryl methyl sites for hydroxylation is 4. The van der Waals surface area contributed by atoms with E-state index >= 15 is 0 Å². The third-order valence-corrected chi connectivity index (χ3v) is 3.79. The van der Waals surface area contributed by atoms with Crippen LogP contribution in [0.25, 0.3) is 10.9 Å². The molecule has 1 N–H and O–H groups in total. The van der Waals surface area contributed by atoms with E-state index in [1.807, 2.05) is 0 Å². The van der Waals surface area contributed by atoms with Crippen molar-refractivity contribution in [3.63, 3.8) is 0 Å². The summed E-state index contributed by atoms with van der Waals surface area (Å²) < 4.78 is 2.28. The second-order valence-electron chi connectivity index (χ2n) is 5.90. The zero-order valence-corrected chi connectivity index (χ0v) is 12.9. The highest BCUT2D eigenvalue weighted by Crippen LogP contribution is 2.27. The summed E-state index contributed by atoms with van der Waals surface area (Å²) in [7, 11) is 2.16. The quantitative estimate of drug-likeness (QED) is 0.809. The Bertz CT molecular complexity index is 564. The van der Waals surface area contributed by atoms with Gasteiger partial charge in [-0.1, -0.05) is 26.0 Å². The molecule has 0 atom stereocenters. The maximum absolute atomic E-state index is 3.49. The third kappa shape index (κ3) is 3.01. The highest BCUT2D eigenvalue weighted by atomic mass is 14.9. The van der Waals surface area contributed by atoms with Gasteiger partial charge in [-0.2, -0.15) is 0 Å². The molecule has 0 saturated carbocycles. The lowest BCUT2D eigenvalue weighted by Crippen LogP contribution is -2.23. The Kier molecular flexibility index (Phi) is 4.31. The molecule has 2 aromatic rings. The fraction of sp³-hybridized carbons (Fsp3) is 0.529. The van der Waals surface area contributed by atoms with Crippen LogP contribution in [0.5, 0.6) is 0 Å². The summed E-state index contributed by atoms with van der Waals surface area (Å²) in [6.07, 6.45) is 4.66. The molecule has 2 rings (SSSR count). The molecule has 2 nitrogen and oxygen atoms in total. The Morgan fingerprint density at radius 3 is 2.53 bits per heavy atom. The second kappa shape index (κ2) is 5.79. The SMILES string of the molecule is Cc1ccc(C)c2c1c(CCCNC(C)C)cn2C. The predicted octanol–water partition coefficient (Wildman–Crippen LogP) is 3.73. The van der Waals surface area contributed by atoms with E-state index in [9.17, 15) is 0 Å². The van der Waals surface area contributed by atoms with Crippen molar-refractivity contribution in [1.82, 2.24) is 9.88 Å². The summed E-state index contributed by atoms with van der Waals surface area (Å²) in [5, 5.41) is 4.95. The molecule has 0 amide bonds. The zero-order valence-electron chi connectivity index (χ0n) is 12.9. The molecule has 0 spiro atoms. The van der Waals surface area contributed by atoms with Gasteiger partial charge in [0.2, 0.25) is 0 Å². The molecule has 0 bridgehead atoms. The van der Waals surface area contributed by atoms with Crippen LogP contribution in [0.4, 0.5) is 0 Å². The highest BCUT2D eigenvalue weighted by molar-refractivity contribution is 5.89. The second-order valence-corrected chi connectivity index (χ2v) is 5.90. The molecule has 19 heavy (non-hydrogen) atoms. The van der Waals surface area contributed by atoms with Gasteiger partial charge in [-0.3, -0.25) is 0 Å². The lowest BCUT2D eigenvalue weighted by Gasteiger charge is -2.08. The smallest absolute Gasteiger partial charge is 0.0512 e. The standard InChI is InChI=1S/C17H26N2/c1-12(2)18-10-6-7-15-11-19(5)17-14(4)9-8-13(3)16(15)17/h8-9,11-12,18H,6-7,10H2,1-5H3. The fourth-order valence-electron chi connectivity index (χ4n) is 2.88. The normalized spacial score (nSPS) is 11.7. The first-order valence-corrected chi connectivity index (χ1v) is 7.28. The summed E-state index contributed by atoms with van der Waals surface area (Å²) in [6.45, 7) is 9.92. The van der Waals surface area contributed by atoms with Gasteiger partial charge in [0.25, 0.3) is 0 Å². The van der Waals surface area contributed by atoms with Crippen molar-refractivity contribution in [3.8, 4) is 0 Å². The van der Waals surface area contributed by atoms with Gasteiger partial charge in [0, 0.05) is 24.7 Å². The van der Waals surface area contributed by atoms with Crippen molar-refractivity contribution in [2.75, 3.05) is 6.54 Å². The largest absolute Gasteiger partial charge is 0.350 e. The Morgan fingerprint density at radius 1 is 1.16 bits per heavy atom. The molecular formula is C17H26N2. The Hall–Kier alpha value is -1.28. The van der Waals surface area contributed by atoms with Gasteiger partial charge >= 0.3 is 0 Å². The van der Waals surface area contributed by atoms with E-state index in [0.717, 1.165) is 13.0 Å². The summed E-state index contributed by atoms with van der Waals surface area (Å²) in [5.41, 5.74) is 5.65. The van der Waals surface area contributed by atoms with E-state index in [4.69, 9.17) is 0 Å². The number of nitrogens with one attached hydrogen (secondary N) is 1. The van der Waals surface area contributed by atoms with Crippen LogP contribution in [0, 0.1) is 13.8 Å². The molecule has 1 aromatic carbocycles. The Balaban J connectivity index is 2.22. The van der Waals surface area contributed by atoms with E-state index in [1.165, 1.54) is 34.0 Å². The first-order valence-electron chi connectivity index (χ1n) is 7.28. The average Bonchev–Trinajstić information content (AvgIpc) is 2.68. The minimum atomic E-state index is 0.580. The van der Waals surface area contributed by atoms with Crippen LogP contribution in [0.3, 0.4) is 0 Å².